The zero-order valence-electron chi connectivity index (χ0n) is 24.8. The van der Waals surface area contributed by atoms with E-state index in [-0.39, 0.29) is 24.0 Å². The molecule has 0 bridgehead atoms. The van der Waals surface area contributed by atoms with Crippen LogP contribution >= 0.6 is 0 Å². The van der Waals surface area contributed by atoms with E-state index in [0.717, 1.165) is 44.9 Å². The zero-order chi connectivity index (χ0) is 30.1. The summed E-state index contributed by atoms with van der Waals surface area (Å²) in [5.41, 5.74) is 1.34. The van der Waals surface area contributed by atoms with E-state index >= 15 is 0 Å². The molecule has 0 radical (unpaired) electrons. The Morgan fingerprint density at radius 2 is 1.38 bits per heavy atom. The predicted octanol–water partition coefficient (Wildman–Crippen LogP) is 8.33. The zero-order valence-corrected chi connectivity index (χ0v) is 24.8. The number of allylic oxidation sites excluding steroid dienone is 10. The van der Waals surface area contributed by atoms with Gasteiger partial charge >= 0.3 is 0 Å². The number of carbonyl (C=O) groups excluding carboxylic acids is 3. The molecule has 2 N–H and O–H groups in total. The van der Waals surface area contributed by atoms with Crippen molar-refractivity contribution in [3.05, 3.63) is 121 Å². The highest BCUT2D eigenvalue weighted by atomic mass is 16.2. The average molecular weight is 568 g/mol. The number of hydrogen-bond acceptors (Lipinski definition) is 4. The summed E-state index contributed by atoms with van der Waals surface area (Å²) < 4.78 is 0. The fourth-order valence-electron chi connectivity index (χ4n) is 3.98. The van der Waals surface area contributed by atoms with Gasteiger partial charge in [-0.3, -0.25) is 19.4 Å². The van der Waals surface area contributed by atoms with Crippen LogP contribution in [0.1, 0.15) is 91.8 Å². The molecule has 0 aliphatic carbocycles. The smallest absolute Gasteiger partial charge is 0.257 e. The van der Waals surface area contributed by atoms with Crippen LogP contribution in [0.5, 0.6) is 0 Å². The number of unbranched alkanes of at least 4 members (excludes halogenated alkanes) is 1. The van der Waals surface area contributed by atoms with Gasteiger partial charge in [-0.05, 0) is 75.6 Å². The van der Waals surface area contributed by atoms with Gasteiger partial charge in [-0.2, -0.15) is 0 Å². The van der Waals surface area contributed by atoms with Gasteiger partial charge in [-0.15, -0.1) is 0 Å². The fourth-order valence-corrected chi connectivity index (χ4v) is 3.98. The van der Waals surface area contributed by atoms with E-state index in [4.69, 9.17) is 0 Å². The Morgan fingerprint density at radius 1 is 0.738 bits per heavy atom. The van der Waals surface area contributed by atoms with Crippen molar-refractivity contribution in [1.82, 2.24) is 10.3 Å². The molecule has 2 amide bonds. The van der Waals surface area contributed by atoms with E-state index in [1.165, 1.54) is 6.20 Å². The van der Waals surface area contributed by atoms with Gasteiger partial charge in [0, 0.05) is 37.3 Å². The number of pyridine rings is 1. The second kappa shape index (κ2) is 22.4. The molecule has 42 heavy (non-hydrogen) atoms. The van der Waals surface area contributed by atoms with Gasteiger partial charge in [0.15, 0.2) is 5.78 Å². The van der Waals surface area contributed by atoms with Crippen molar-refractivity contribution >= 4 is 23.3 Å². The standard InChI is InChI=1S/C36H45N3O3/c1-2-3-4-5-6-7-8-9-10-11-12-13-14-15-16-17-18-27-35(41)38-29-22-26-34(40)32-24-19-20-25-33(32)39-36(42)31-23-21-28-37-30-31/h3-4,6-7,9-10,12-13,15-16,19-21,23-25,28,30H,2,5,8,11,14,17-18,22,26-27,29H2,1H3,(H,38,41)(H,39,42)/b4-3-,7-6-,10-9-,13-12-,16-15-. The summed E-state index contributed by atoms with van der Waals surface area (Å²) >= 11 is 0. The normalized spacial score (nSPS) is 11.8. The Hall–Kier alpha value is -4.32. The molecule has 6 heteroatoms. The van der Waals surface area contributed by atoms with Crippen LogP contribution < -0.4 is 10.6 Å². The lowest BCUT2D eigenvalue weighted by Gasteiger charge is -2.10. The summed E-state index contributed by atoms with van der Waals surface area (Å²) in [5, 5.41) is 5.69. The Morgan fingerprint density at radius 3 is 2.02 bits per heavy atom. The molecular weight excluding hydrogens is 522 g/mol. The molecule has 0 unspecified atom stereocenters. The van der Waals surface area contributed by atoms with Crippen LogP contribution in [-0.4, -0.2) is 29.1 Å². The first-order valence-corrected chi connectivity index (χ1v) is 15.0. The molecule has 0 saturated heterocycles. The lowest BCUT2D eigenvalue weighted by Crippen LogP contribution is -2.24. The van der Waals surface area contributed by atoms with E-state index in [1.807, 2.05) is 0 Å². The molecule has 1 heterocycles. The number of anilines is 1. The molecule has 2 rings (SSSR count). The third-order valence-electron chi connectivity index (χ3n) is 6.23. The maximum absolute atomic E-state index is 12.8. The highest BCUT2D eigenvalue weighted by molar-refractivity contribution is 6.09. The Labute approximate surface area is 251 Å². The van der Waals surface area contributed by atoms with Crippen LogP contribution in [0.2, 0.25) is 0 Å². The third kappa shape index (κ3) is 15.5. The number of nitrogens with one attached hydrogen (secondary N) is 2. The number of nitrogens with zero attached hydrogens (tertiary/aromatic N) is 1. The minimum atomic E-state index is -0.319. The number of ketones is 1. The predicted molar refractivity (Wildman–Crippen MR) is 174 cm³/mol. The largest absolute Gasteiger partial charge is 0.356 e. The summed E-state index contributed by atoms with van der Waals surface area (Å²) in [7, 11) is 0. The molecule has 222 valence electrons. The van der Waals surface area contributed by atoms with Crippen LogP contribution in [0.4, 0.5) is 5.69 Å². The van der Waals surface area contributed by atoms with Crippen molar-refractivity contribution in [3.8, 4) is 0 Å². The summed E-state index contributed by atoms with van der Waals surface area (Å²) in [6.45, 7) is 2.58. The minimum absolute atomic E-state index is 0.000986. The minimum Gasteiger partial charge on any atom is -0.356 e. The van der Waals surface area contributed by atoms with Crippen LogP contribution in [-0.2, 0) is 4.79 Å². The maximum atomic E-state index is 12.8. The van der Waals surface area contributed by atoms with E-state index in [1.54, 1.807) is 42.6 Å². The molecule has 0 spiro atoms. The van der Waals surface area contributed by atoms with E-state index in [9.17, 15) is 14.4 Å². The van der Waals surface area contributed by atoms with Gasteiger partial charge in [-0.1, -0.05) is 79.8 Å². The molecule has 0 fully saturated rings. The Bertz CT molecular complexity index is 1230. The van der Waals surface area contributed by atoms with Crippen LogP contribution in [0.3, 0.4) is 0 Å². The van der Waals surface area contributed by atoms with Crippen molar-refractivity contribution in [2.24, 2.45) is 0 Å². The number of amides is 2. The highest BCUT2D eigenvalue weighted by Crippen LogP contribution is 2.18. The monoisotopic (exact) mass is 567 g/mol. The van der Waals surface area contributed by atoms with Gasteiger partial charge in [0.1, 0.15) is 0 Å². The number of aromatic nitrogens is 1. The number of benzene rings is 1. The van der Waals surface area contributed by atoms with Crippen molar-refractivity contribution in [3.63, 3.8) is 0 Å². The number of para-hydroxylation sites is 1. The first kappa shape index (κ1) is 33.9. The van der Waals surface area contributed by atoms with Crippen molar-refractivity contribution in [1.29, 1.82) is 0 Å². The number of carbonyl (C=O) groups is 3. The molecule has 0 saturated carbocycles. The molecule has 0 aliphatic rings. The summed E-state index contributed by atoms with van der Waals surface area (Å²) in [4.78, 5) is 41.3. The SMILES string of the molecule is CC/C=C\C/C=C\C/C=C\C/C=C\C/C=C\CCCC(=O)NCCCC(=O)c1ccccc1NC(=O)c1cccnc1. The first-order chi connectivity index (χ1) is 20.6. The van der Waals surface area contributed by atoms with Crippen LogP contribution in [0, 0.1) is 0 Å². The number of rotatable bonds is 20. The van der Waals surface area contributed by atoms with Crippen molar-refractivity contribution < 1.29 is 14.4 Å². The van der Waals surface area contributed by atoms with Gasteiger partial charge in [0.25, 0.3) is 5.91 Å². The summed E-state index contributed by atoms with van der Waals surface area (Å²) in [5.74, 6) is -0.399. The molecule has 2 aromatic rings. The number of Topliss-reactive ketones (excluding diaryl/α,β-unsaturated/α-hetero) is 1. The maximum Gasteiger partial charge on any atom is 0.257 e. The third-order valence-corrected chi connectivity index (χ3v) is 6.23. The van der Waals surface area contributed by atoms with Crippen molar-refractivity contribution in [2.75, 3.05) is 11.9 Å². The quantitative estimate of drug-likeness (QED) is 0.0956. The summed E-state index contributed by atoms with van der Waals surface area (Å²) in [6.07, 6.45) is 32.6. The van der Waals surface area contributed by atoms with Gasteiger partial charge < -0.3 is 10.6 Å². The van der Waals surface area contributed by atoms with E-state index in [0.29, 0.717) is 36.2 Å². The molecule has 0 aliphatic heterocycles. The first-order valence-electron chi connectivity index (χ1n) is 15.0. The second-order valence-corrected chi connectivity index (χ2v) is 9.72. The summed E-state index contributed by atoms with van der Waals surface area (Å²) in [6, 6.07) is 10.3. The molecule has 1 aromatic carbocycles. The van der Waals surface area contributed by atoms with Crippen molar-refractivity contribution in [2.45, 2.75) is 71.1 Å². The lowest BCUT2D eigenvalue weighted by molar-refractivity contribution is -0.121. The van der Waals surface area contributed by atoms with E-state index < -0.39 is 0 Å². The van der Waals surface area contributed by atoms with E-state index in [2.05, 4.69) is 83.3 Å². The topological polar surface area (TPSA) is 88.2 Å². The van der Waals surface area contributed by atoms with Gasteiger partial charge in [0.05, 0.1) is 11.3 Å². The van der Waals surface area contributed by atoms with Crippen LogP contribution in [0.15, 0.2) is 110 Å². The second-order valence-electron chi connectivity index (χ2n) is 9.72. The van der Waals surface area contributed by atoms with Gasteiger partial charge in [-0.25, -0.2) is 0 Å². The number of hydrogen-bond donors (Lipinski definition) is 2. The Balaban J connectivity index is 1.53. The highest BCUT2D eigenvalue weighted by Gasteiger charge is 2.14. The average Bonchev–Trinajstić information content (AvgIpc) is 3.01. The van der Waals surface area contributed by atoms with Crippen LogP contribution in [0.25, 0.3) is 0 Å². The van der Waals surface area contributed by atoms with Gasteiger partial charge in [0.2, 0.25) is 5.91 Å². The Kier molecular flexibility index (Phi) is 18.1. The molecular formula is C36H45N3O3. The molecule has 6 nitrogen and oxygen atoms in total. The molecule has 1 aromatic heterocycles. The molecule has 0 atom stereocenters. The lowest BCUT2D eigenvalue weighted by atomic mass is 10.0. The fraction of sp³-hybridized carbons (Fsp3) is 0.333.